The summed E-state index contributed by atoms with van der Waals surface area (Å²) in [5.74, 6) is -1.20. The first-order valence-corrected chi connectivity index (χ1v) is 6.62. The molecular weight excluding hydrogens is 284 g/mol. The van der Waals surface area contributed by atoms with Crippen LogP contribution in [0.2, 0.25) is 0 Å². The second-order valence-corrected chi connectivity index (χ2v) is 4.86. The summed E-state index contributed by atoms with van der Waals surface area (Å²) in [4.78, 5) is 38.3. The fraction of sp³-hybridized carbons (Fsp3) is 0.188. The Hall–Kier alpha value is -2.89. The number of aryl methyl sites for hydroxylation is 2. The van der Waals surface area contributed by atoms with E-state index in [0.717, 1.165) is 5.56 Å². The minimum absolute atomic E-state index is 0.147. The molecule has 0 saturated heterocycles. The first-order chi connectivity index (χ1) is 10.4. The molecule has 114 valence electrons. The quantitative estimate of drug-likeness (QED) is 0.849. The number of amides is 1. The molecule has 0 spiro atoms. The van der Waals surface area contributed by atoms with E-state index in [1.165, 1.54) is 13.2 Å². The Kier molecular flexibility index (Phi) is 4.41. The van der Waals surface area contributed by atoms with Crippen molar-refractivity contribution in [2.24, 2.45) is 0 Å². The van der Waals surface area contributed by atoms with E-state index < -0.39 is 17.4 Å². The van der Waals surface area contributed by atoms with Crippen molar-refractivity contribution in [3.05, 3.63) is 63.1 Å². The molecule has 0 aliphatic carbocycles. The number of rotatable bonds is 3. The lowest BCUT2D eigenvalue weighted by Crippen LogP contribution is -2.25. The average molecular weight is 300 g/mol. The molecule has 1 aromatic heterocycles. The Morgan fingerprint density at radius 2 is 1.73 bits per heavy atom. The van der Waals surface area contributed by atoms with Crippen LogP contribution in [-0.4, -0.2) is 24.0 Å². The average Bonchev–Trinajstić information content (AvgIpc) is 2.49. The highest BCUT2D eigenvalue weighted by molar-refractivity contribution is 6.05. The topological polar surface area (TPSA) is 88.3 Å². The maximum Gasteiger partial charge on any atom is 0.339 e. The molecule has 0 aliphatic rings. The molecule has 0 bridgehead atoms. The van der Waals surface area contributed by atoms with Gasteiger partial charge in [-0.1, -0.05) is 17.7 Å². The van der Waals surface area contributed by atoms with Crippen molar-refractivity contribution in [1.29, 1.82) is 0 Å². The Bertz CT molecular complexity index is 776. The molecule has 6 heteroatoms. The highest BCUT2D eigenvalue weighted by atomic mass is 16.5. The normalized spacial score (nSPS) is 10.1. The van der Waals surface area contributed by atoms with Gasteiger partial charge in [0, 0.05) is 11.4 Å². The molecule has 22 heavy (non-hydrogen) atoms. The lowest BCUT2D eigenvalue weighted by molar-refractivity contribution is 0.0599. The van der Waals surface area contributed by atoms with E-state index in [2.05, 4.69) is 15.0 Å². The summed E-state index contributed by atoms with van der Waals surface area (Å²) in [7, 11) is 1.24. The fourth-order valence-corrected chi connectivity index (χ4v) is 1.95. The van der Waals surface area contributed by atoms with E-state index in [1.54, 1.807) is 19.1 Å². The number of carbonyl (C=O) groups is 2. The maximum atomic E-state index is 12.2. The first kappa shape index (κ1) is 15.5. The second kappa shape index (κ2) is 6.26. The zero-order chi connectivity index (χ0) is 16.3. The van der Waals surface area contributed by atoms with E-state index in [0.29, 0.717) is 11.4 Å². The van der Waals surface area contributed by atoms with E-state index >= 15 is 0 Å². The van der Waals surface area contributed by atoms with Crippen LogP contribution in [0.15, 0.2) is 35.1 Å². The van der Waals surface area contributed by atoms with Gasteiger partial charge in [-0.2, -0.15) is 0 Å². The van der Waals surface area contributed by atoms with Gasteiger partial charge in [0.15, 0.2) is 0 Å². The van der Waals surface area contributed by atoms with Crippen LogP contribution in [0.4, 0.5) is 5.69 Å². The third-order valence-corrected chi connectivity index (χ3v) is 3.20. The molecule has 6 nitrogen and oxygen atoms in total. The summed E-state index contributed by atoms with van der Waals surface area (Å²) in [5.41, 5.74) is 1.41. The number of benzene rings is 1. The molecule has 2 rings (SSSR count). The molecule has 0 atom stereocenters. The summed E-state index contributed by atoms with van der Waals surface area (Å²) in [6, 6.07) is 8.39. The van der Waals surface area contributed by atoms with E-state index in [9.17, 15) is 14.4 Å². The number of carbonyl (C=O) groups excluding carboxylic acids is 2. The van der Waals surface area contributed by atoms with Gasteiger partial charge in [0.05, 0.1) is 12.7 Å². The molecular formula is C16H16N2O4. The molecule has 2 N–H and O–H groups in total. The Labute approximate surface area is 127 Å². The van der Waals surface area contributed by atoms with Crippen molar-refractivity contribution in [3.63, 3.8) is 0 Å². The molecule has 0 unspecified atom stereocenters. The zero-order valence-electron chi connectivity index (χ0n) is 12.5. The predicted molar refractivity (Wildman–Crippen MR) is 82.3 cm³/mol. The van der Waals surface area contributed by atoms with Gasteiger partial charge in [0.25, 0.3) is 11.5 Å². The van der Waals surface area contributed by atoms with Crippen LogP contribution in [0.3, 0.4) is 0 Å². The van der Waals surface area contributed by atoms with Crippen LogP contribution in [0.5, 0.6) is 0 Å². The first-order valence-electron chi connectivity index (χ1n) is 6.62. The van der Waals surface area contributed by atoms with Gasteiger partial charge in [-0.25, -0.2) is 4.79 Å². The van der Waals surface area contributed by atoms with Crippen molar-refractivity contribution in [2.75, 3.05) is 12.4 Å². The number of hydrogen-bond donors (Lipinski definition) is 2. The number of pyridine rings is 1. The summed E-state index contributed by atoms with van der Waals surface area (Å²) < 4.78 is 4.63. The van der Waals surface area contributed by atoms with Gasteiger partial charge in [-0.05, 0) is 32.0 Å². The number of ether oxygens (including phenoxy) is 1. The van der Waals surface area contributed by atoms with Crippen molar-refractivity contribution in [1.82, 2.24) is 4.98 Å². The molecule has 0 aliphatic heterocycles. The minimum atomic E-state index is -0.613. The van der Waals surface area contributed by atoms with Crippen LogP contribution in [0, 0.1) is 13.8 Å². The number of esters is 1. The van der Waals surface area contributed by atoms with Crippen LogP contribution in [0.1, 0.15) is 32.0 Å². The number of anilines is 1. The Morgan fingerprint density at radius 3 is 2.32 bits per heavy atom. The summed E-state index contributed by atoms with van der Waals surface area (Å²) in [5, 5.41) is 2.62. The monoisotopic (exact) mass is 300 g/mol. The molecule has 1 aromatic carbocycles. The van der Waals surface area contributed by atoms with Crippen LogP contribution < -0.4 is 10.9 Å². The minimum Gasteiger partial charge on any atom is -0.465 e. The number of nitrogens with one attached hydrogen (secondary N) is 2. The SMILES string of the molecule is COC(=O)c1cc(C(=O)Nc2ccc(C)cc2)c(=O)[nH]c1C. The van der Waals surface area contributed by atoms with Crippen molar-refractivity contribution < 1.29 is 14.3 Å². The van der Waals surface area contributed by atoms with Crippen molar-refractivity contribution in [3.8, 4) is 0 Å². The number of H-pyrrole nitrogens is 1. The van der Waals surface area contributed by atoms with Crippen molar-refractivity contribution >= 4 is 17.6 Å². The Morgan fingerprint density at radius 1 is 1.09 bits per heavy atom. The largest absolute Gasteiger partial charge is 0.465 e. The smallest absolute Gasteiger partial charge is 0.339 e. The lowest BCUT2D eigenvalue weighted by atomic mass is 10.1. The lowest BCUT2D eigenvalue weighted by Gasteiger charge is -2.08. The van der Waals surface area contributed by atoms with Crippen LogP contribution in [0.25, 0.3) is 0 Å². The van der Waals surface area contributed by atoms with E-state index in [-0.39, 0.29) is 11.1 Å². The van der Waals surface area contributed by atoms with Crippen LogP contribution >= 0.6 is 0 Å². The predicted octanol–water partition coefficient (Wildman–Crippen LogP) is 2.03. The Balaban J connectivity index is 2.35. The highest BCUT2D eigenvalue weighted by Crippen LogP contribution is 2.11. The molecule has 1 heterocycles. The van der Waals surface area contributed by atoms with Crippen molar-refractivity contribution in [2.45, 2.75) is 13.8 Å². The van der Waals surface area contributed by atoms with Gasteiger partial charge < -0.3 is 15.0 Å². The number of aromatic amines is 1. The third-order valence-electron chi connectivity index (χ3n) is 3.20. The number of methoxy groups -OCH3 is 1. The molecule has 2 aromatic rings. The third kappa shape index (κ3) is 3.22. The van der Waals surface area contributed by atoms with Gasteiger partial charge in [-0.3, -0.25) is 9.59 Å². The summed E-state index contributed by atoms with van der Waals surface area (Å²) in [6.07, 6.45) is 0. The standard InChI is InChI=1S/C16H16N2O4/c1-9-4-6-11(7-5-9)18-15(20)13-8-12(16(21)22-3)10(2)17-14(13)19/h4-8H,1-3H3,(H,17,19)(H,18,20). The van der Waals surface area contributed by atoms with Crippen LogP contribution in [-0.2, 0) is 4.74 Å². The van der Waals surface area contributed by atoms with Gasteiger partial charge >= 0.3 is 5.97 Å². The van der Waals surface area contributed by atoms with Gasteiger partial charge in [0.2, 0.25) is 0 Å². The highest BCUT2D eigenvalue weighted by Gasteiger charge is 2.17. The molecule has 0 fully saturated rings. The second-order valence-electron chi connectivity index (χ2n) is 4.86. The summed E-state index contributed by atoms with van der Waals surface area (Å²) >= 11 is 0. The molecule has 0 radical (unpaired) electrons. The number of hydrogen-bond acceptors (Lipinski definition) is 4. The molecule has 1 amide bonds. The molecule has 0 saturated carbocycles. The van der Waals surface area contributed by atoms with Gasteiger partial charge in [0.1, 0.15) is 5.56 Å². The van der Waals surface area contributed by atoms with E-state index in [4.69, 9.17) is 0 Å². The fourth-order valence-electron chi connectivity index (χ4n) is 1.95. The zero-order valence-corrected chi connectivity index (χ0v) is 12.5. The maximum absolute atomic E-state index is 12.2. The summed E-state index contributed by atoms with van der Waals surface area (Å²) in [6.45, 7) is 3.49. The van der Waals surface area contributed by atoms with Gasteiger partial charge in [-0.15, -0.1) is 0 Å². The number of aromatic nitrogens is 1. The van der Waals surface area contributed by atoms with E-state index in [1.807, 2.05) is 19.1 Å².